The van der Waals surface area contributed by atoms with Crippen molar-refractivity contribution in [3.63, 3.8) is 0 Å². The Hall–Kier alpha value is -1.84. The maximum absolute atomic E-state index is 11.6. The van der Waals surface area contributed by atoms with Gasteiger partial charge in [0, 0.05) is 0 Å². The summed E-state index contributed by atoms with van der Waals surface area (Å²) < 4.78 is 0. The largest absolute Gasteiger partial charge is 0.478 e. The van der Waals surface area contributed by atoms with Crippen molar-refractivity contribution in [1.82, 2.24) is 0 Å². The first-order valence-electron chi connectivity index (χ1n) is 10.6. The zero-order valence-electron chi connectivity index (χ0n) is 17.1. The number of aromatic carboxylic acids is 2. The molecule has 0 aliphatic carbocycles. The molecule has 27 heavy (non-hydrogen) atoms. The number of aryl methyl sites for hydroxylation is 1. The van der Waals surface area contributed by atoms with E-state index in [0.29, 0.717) is 12.0 Å². The summed E-state index contributed by atoms with van der Waals surface area (Å²) in [5.41, 5.74) is 1.39. The Kier molecular flexibility index (Phi) is 11.5. The Morgan fingerprint density at radius 1 is 0.741 bits per heavy atom. The van der Waals surface area contributed by atoms with Crippen LogP contribution >= 0.6 is 0 Å². The number of hydrogen-bond acceptors (Lipinski definition) is 2. The van der Waals surface area contributed by atoms with Crippen LogP contribution in [-0.2, 0) is 6.42 Å². The predicted molar refractivity (Wildman–Crippen MR) is 110 cm³/mol. The summed E-state index contributed by atoms with van der Waals surface area (Å²) in [7, 11) is 0. The summed E-state index contributed by atoms with van der Waals surface area (Å²) in [6, 6.07) is 3.11. The second-order valence-corrected chi connectivity index (χ2v) is 7.53. The number of rotatable bonds is 15. The fourth-order valence-corrected chi connectivity index (χ4v) is 3.64. The van der Waals surface area contributed by atoms with Gasteiger partial charge in [-0.3, -0.25) is 0 Å². The minimum Gasteiger partial charge on any atom is -0.478 e. The van der Waals surface area contributed by atoms with Crippen molar-refractivity contribution in [3.05, 3.63) is 34.4 Å². The maximum Gasteiger partial charge on any atom is 0.336 e. The maximum atomic E-state index is 11.6. The van der Waals surface area contributed by atoms with Gasteiger partial charge in [0.2, 0.25) is 0 Å². The highest BCUT2D eigenvalue weighted by Gasteiger charge is 2.21. The van der Waals surface area contributed by atoms with Gasteiger partial charge in [-0.15, -0.1) is 0 Å². The first-order chi connectivity index (χ1) is 13.0. The van der Waals surface area contributed by atoms with E-state index >= 15 is 0 Å². The monoisotopic (exact) mass is 376 g/mol. The minimum absolute atomic E-state index is 0.0365. The van der Waals surface area contributed by atoms with Gasteiger partial charge in [0.1, 0.15) is 0 Å². The van der Waals surface area contributed by atoms with E-state index in [9.17, 15) is 19.8 Å². The van der Waals surface area contributed by atoms with Crippen LogP contribution < -0.4 is 0 Å². The van der Waals surface area contributed by atoms with E-state index in [4.69, 9.17) is 0 Å². The van der Waals surface area contributed by atoms with Gasteiger partial charge in [-0.1, -0.05) is 83.6 Å². The normalized spacial score (nSPS) is 10.9. The lowest BCUT2D eigenvalue weighted by atomic mass is 9.92. The van der Waals surface area contributed by atoms with Gasteiger partial charge in [-0.05, 0) is 37.0 Å². The molecule has 0 unspecified atom stereocenters. The SMILES string of the molecule is CCCCCCCCCCCCCCc1c(C)ccc(C(=O)O)c1C(=O)O. The fourth-order valence-electron chi connectivity index (χ4n) is 3.64. The predicted octanol–water partition coefficient (Wildman–Crippen LogP) is 6.64. The molecule has 0 aromatic heterocycles. The molecule has 1 rings (SSSR count). The van der Waals surface area contributed by atoms with Gasteiger partial charge in [0.05, 0.1) is 11.1 Å². The van der Waals surface area contributed by atoms with E-state index in [1.54, 1.807) is 6.07 Å². The first-order valence-corrected chi connectivity index (χ1v) is 10.6. The van der Waals surface area contributed by atoms with Crippen molar-refractivity contribution in [2.24, 2.45) is 0 Å². The summed E-state index contributed by atoms with van der Waals surface area (Å²) in [6.07, 6.45) is 15.7. The molecule has 0 spiro atoms. The molecule has 1 aromatic carbocycles. The number of benzene rings is 1. The lowest BCUT2D eigenvalue weighted by Crippen LogP contribution is -2.13. The summed E-state index contributed by atoms with van der Waals surface area (Å²) >= 11 is 0. The third kappa shape index (κ3) is 8.59. The molecule has 0 amide bonds. The molecule has 0 aliphatic heterocycles. The van der Waals surface area contributed by atoms with Crippen LogP contribution in [0.3, 0.4) is 0 Å². The van der Waals surface area contributed by atoms with Crippen LogP contribution in [-0.4, -0.2) is 22.2 Å². The molecule has 0 bridgehead atoms. The highest BCUT2D eigenvalue weighted by molar-refractivity contribution is 6.03. The van der Waals surface area contributed by atoms with Crippen LogP contribution in [0.4, 0.5) is 0 Å². The van der Waals surface area contributed by atoms with Gasteiger partial charge in [0.25, 0.3) is 0 Å². The van der Waals surface area contributed by atoms with Crippen LogP contribution in [0.1, 0.15) is 116 Å². The lowest BCUT2D eigenvalue weighted by Gasteiger charge is -2.12. The van der Waals surface area contributed by atoms with Gasteiger partial charge < -0.3 is 10.2 Å². The molecule has 1 aromatic rings. The van der Waals surface area contributed by atoms with E-state index in [0.717, 1.165) is 24.8 Å². The molecule has 0 radical (unpaired) electrons. The molecule has 2 N–H and O–H groups in total. The summed E-state index contributed by atoms with van der Waals surface area (Å²) in [5.74, 6) is -2.33. The highest BCUT2D eigenvalue weighted by atomic mass is 16.4. The summed E-state index contributed by atoms with van der Waals surface area (Å²) in [5, 5.41) is 18.7. The van der Waals surface area contributed by atoms with Gasteiger partial charge in [-0.2, -0.15) is 0 Å². The molecule has 0 atom stereocenters. The Labute approximate surface area is 164 Å². The number of carboxylic acids is 2. The Balaban J connectivity index is 2.30. The Bertz CT molecular complexity index is 592. The average molecular weight is 377 g/mol. The molecular weight excluding hydrogens is 340 g/mol. The van der Waals surface area contributed by atoms with Crippen LogP contribution in [0.2, 0.25) is 0 Å². The first kappa shape index (κ1) is 23.2. The summed E-state index contributed by atoms with van der Waals surface area (Å²) in [4.78, 5) is 22.9. The second-order valence-electron chi connectivity index (χ2n) is 7.53. The number of hydrogen-bond donors (Lipinski definition) is 2. The average Bonchev–Trinajstić information content (AvgIpc) is 2.63. The van der Waals surface area contributed by atoms with Crippen LogP contribution in [0, 0.1) is 6.92 Å². The number of unbranched alkanes of at least 4 members (excludes halogenated alkanes) is 11. The van der Waals surface area contributed by atoms with E-state index in [2.05, 4.69) is 6.92 Å². The van der Waals surface area contributed by atoms with Crippen molar-refractivity contribution >= 4 is 11.9 Å². The van der Waals surface area contributed by atoms with E-state index in [1.165, 1.54) is 63.9 Å². The third-order valence-corrected chi connectivity index (χ3v) is 5.27. The summed E-state index contributed by atoms with van der Waals surface area (Å²) in [6.45, 7) is 4.10. The molecule has 0 aliphatic rings. The topological polar surface area (TPSA) is 74.6 Å². The second kappa shape index (κ2) is 13.3. The van der Waals surface area contributed by atoms with Gasteiger partial charge >= 0.3 is 11.9 Å². The number of carbonyl (C=O) groups is 2. The van der Waals surface area contributed by atoms with E-state index < -0.39 is 11.9 Å². The Morgan fingerprint density at radius 2 is 1.22 bits per heavy atom. The van der Waals surface area contributed by atoms with E-state index in [1.807, 2.05) is 6.92 Å². The zero-order valence-corrected chi connectivity index (χ0v) is 17.1. The molecule has 0 saturated heterocycles. The van der Waals surface area contributed by atoms with Gasteiger partial charge in [0.15, 0.2) is 0 Å². The van der Waals surface area contributed by atoms with Crippen molar-refractivity contribution in [1.29, 1.82) is 0 Å². The third-order valence-electron chi connectivity index (χ3n) is 5.27. The molecule has 0 heterocycles. The minimum atomic E-state index is -1.18. The lowest BCUT2D eigenvalue weighted by molar-refractivity contribution is 0.0650. The zero-order chi connectivity index (χ0) is 20.1. The standard InChI is InChI=1S/C23H36O4/c1-3-4-5-6-7-8-9-10-11-12-13-14-15-19-18(2)16-17-20(22(24)25)21(19)23(26)27/h16-17H,3-15H2,1-2H3,(H,24,25)(H,26,27). The number of carboxylic acid groups (broad SMARTS) is 2. The quantitative estimate of drug-likeness (QED) is 0.337. The van der Waals surface area contributed by atoms with Crippen LogP contribution in [0.15, 0.2) is 12.1 Å². The molecular formula is C23H36O4. The molecule has 4 nitrogen and oxygen atoms in total. The Morgan fingerprint density at radius 3 is 1.67 bits per heavy atom. The van der Waals surface area contributed by atoms with Crippen molar-refractivity contribution < 1.29 is 19.8 Å². The molecule has 0 saturated carbocycles. The van der Waals surface area contributed by atoms with Crippen LogP contribution in [0.5, 0.6) is 0 Å². The van der Waals surface area contributed by atoms with Crippen molar-refractivity contribution in [2.75, 3.05) is 0 Å². The van der Waals surface area contributed by atoms with Gasteiger partial charge in [-0.25, -0.2) is 9.59 Å². The molecule has 4 heteroatoms. The fraction of sp³-hybridized carbons (Fsp3) is 0.652. The smallest absolute Gasteiger partial charge is 0.336 e. The van der Waals surface area contributed by atoms with Crippen molar-refractivity contribution in [3.8, 4) is 0 Å². The molecule has 152 valence electrons. The van der Waals surface area contributed by atoms with E-state index in [-0.39, 0.29) is 11.1 Å². The molecule has 0 fully saturated rings. The highest BCUT2D eigenvalue weighted by Crippen LogP contribution is 2.22. The van der Waals surface area contributed by atoms with Crippen molar-refractivity contribution in [2.45, 2.75) is 97.3 Å². The van der Waals surface area contributed by atoms with Crippen LogP contribution in [0.25, 0.3) is 0 Å².